The first-order valence-corrected chi connectivity index (χ1v) is 5.40. The lowest BCUT2D eigenvalue weighted by Crippen LogP contribution is -2.23. The Bertz CT molecular complexity index is 393. The summed E-state index contributed by atoms with van der Waals surface area (Å²) >= 11 is 5.83. The lowest BCUT2D eigenvalue weighted by Gasteiger charge is -2.24. The lowest BCUT2D eigenvalue weighted by atomic mass is 10.0. The molecule has 0 amide bonds. The quantitative estimate of drug-likeness (QED) is 0.810. The third kappa shape index (κ3) is 3.29. The molecule has 0 aliphatic heterocycles. The zero-order chi connectivity index (χ0) is 12.3. The van der Waals surface area contributed by atoms with Gasteiger partial charge in [0.05, 0.1) is 0 Å². The average molecular weight is 244 g/mol. The van der Waals surface area contributed by atoms with Crippen LogP contribution in [0.3, 0.4) is 0 Å². The van der Waals surface area contributed by atoms with Crippen molar-refractivity contribution < 1.29 is 9.18 Å². The van der Waals surface area contributed by atoms with E-state index in [4.69, 9.17) is 11.6 Å². The standard InChI is InChI=1S/C12H15ClFNO/c1-8(16)6-12(15(2)3)10-7-9(13)4-5-11(10)14/h4-5,7,12H,6H2,1-3H3. The van der Waals surface area contributed by atoms with E-state index in [1.807, 2.05) is 19.0 Å². The molecular formula is C12H15ClFNO. The monoisotopic (exact) mass is 243 g/mol. The van der Waals surface area contributed by atoms with Gasteiger partial charge in [-0.25, -0.2) is 4.39 Å². The van der Waals surface area contributed by atoms with Crippen molar-refractivity contribution in [1.82, 2.24) is 4.90 Å². The molecule has 0 N–H and O–H groups in total. The predicted octanol–water partition coefficient (Wildman–Crippen LogP) is 3.06. The van der Waals surface area contributed by atoms with Crippen molar-refractivity contribution in [2.75, 3.05) is 14.1 Å². The lowest BCUT2D eigenvalue weighted by molar-refractivity contribution is -0.118. The minimum Gasteiger partial charge on any atom is -0.302 e. The number of benzene rings is 1. The Morgan fingerprint density at radius 3 is 2.62 bits per heavy atom. The molecule has 0 radical (unpaired) electrons. The van der Waals surface area contributed by atoms with Gasteiger partial charge in [0.15, 0.2) is 0 Å². The summed E-state index contributed by atoms with van der Waals surface area (Å²) in [5, 5.41) is 0.479. The molecule has 1 atom stereocenters. The van der Waals surface area contributed by atoms with Crippen molar-refractivity contribution in [3.05, 3.63) is 34.6 Å². The van der Waals surface area contributed by atoms with Gasteiger partial charge in [0.2, 0.25) is 0 Å². The van der Waals surface area contributed by atoms with Gasteiger partial charge in [-0.2, -0.15) is 0 Å². The molecule has 0 saturated carbocycles. The van der Waals surface area contributed by atoms with Crippen LogP contribution in [0, 0.1) is 5.82 Å². The largest absolute Gasteiger partial charge is 0.302 e. The third-order valence-corrected chi connectivity index (χ3v) is 2.66. The number of Topliss-reactive ketones (excluding diaryl/α,β-unsaturated/α-hetero) is 1. The number of carbonyl (C=O) groups is 1. The van der Waals surface area contributed by atoms with Crippen molar-refractivity contribution in [1.29, 1.82) is 0 Å². The van der Waals surface area contributed by atoms with Crippen molar-refractivity contribution in [2.45, 2.75) is 19.4 Å². The maximum Gasteiger partial charge on any atom is 0.131 e. The van der Waals surface area contributed by atoms with Gasteiger partial charge in [-0.3, -0.25) is 4.79 Å². The second kappa shape index (κ2) is 5.41. The van der Waals surface area contributed by atoms with E-state index >= 15 is 0 Å². The molecule has 0 aliphatic rings. The summed E-state index contributed by atoms with van der Waals surface area (Å²) in [7, 11) is 3.63. The summed E-state index contributed by atoms with van der Waals surface area (Å²) < 4.78 is 13.6. The molecule has 1 unspecified atom stereocenters. The molecule has 0 fully saturated rings. The molecule has 0 heterocycles. The van der Waals surface area contributed by atoms with Gasteiger partial charge in [0.25, 0.3) is 0 Å². The van der Waals surface area contributed by atoms with Crippen LogP contribution in [-0.2, 0) is 4.79 Å². The number of hydrogen-bond acceptors (Lipinski definition) is 2. The van der Waals surface area contributed by atoms with Gasteiger partial charge < -0.3 is 4.90 Å². The van der Waals surface area contributed by atoms with E-state index in [-0.39, 0.29) is 24.1 Å². The number of nitrogens with zero attached hydrogens (tertiary/aromatic N) is 1. The second-order valence-electron chi connectivity index (χ2n) is 4.05. The Morgan fingerprint density at radius 1 is 1.50 bits per heavy atom. The van der Waals surface area contributed by atoms with Crippen LogP contribution in [0.25, 0.3) is 0 Å². The van der Waals surface area contributed by atoms with E-state index in [1.54, 1.807) is 6.07 Å². The maximum atomic E-state index is 13.6. The average Bonchev–Trinajstić information content (AvgIpc) is 2.18. The van der Waals surface area contributed by atoms with Gasteiger partial charge in [0, 0.05) is 23.0 Å². The van der Waals surface area contributed by atoms with Crippen LogP contribution < -0.4 is 0 Å². The highest BCUT2D eigenvalue weighted by Gasteiger charge is 2.19. The molecule has 0 saturated heterocycles. The number of ketones is 1. The zero-order valence-electron chi connectivity index (χ0n) is 9.63. The summed E-state index contributed by atoms with van der Waals surface area (Å²) in [6.45, 7) is 1.50. The van der Waals surface area contributed by atoms with E-state index in [2.05, 4.69) is 0 Å². The number of hydrogen-bond donors (Lipinski definition) is 0. The van der Waals surface area contributed by atoms with E-state index in [9.17, 15) is 9.18 Å². The van der Waals surface area contributed by atoms with Gasteiger partial charge in [-0.1, -0.05) is 11.6 Å². The fraction of sp³-hybridized carbons (Fsp3) is 0.417. The van der Waals surface area contributed by atoms with Gasteiger partial charge in [-0.05, 0) is 39.2 Å². The van der Waals surface area contributed by atoms with Gasteiger partial charge in [-0.15, -0.1) is 0 Å². The molecule has 4 heteroatoms. The van der Waals surface area contributed by atoms with Crippen LogP contribution in [0.5, 0.6) is 0 Å². The molecule has 0 aromatic heterocycles. The Morgan fingerprint density at radius 2 is 2.12 bits per heavy atom. The molecular weight excluding hydrogens is 229 g/mol. The van der Waals surface area contributed by atoms with Crippen molar-refractivity contribution in [3.63, 3.8) is 0 Å². The fourth-order valence-electron chi connectivity index (χ4n) is 1.61. The van der Waals surface area contributed by atoms with Crippen LogP contribution in [0.4, 0.5) is 4.39 Å². The Kier molecular flexibility index (Phi) is 4.44. The first-order chi connectivity index (χ1) is 7.41. The molecule has 0 aliphatic carbocycles. The molecule has 16 heavy (non-hydrogen) atoms. The third-order valence-electron chi connectivity index (χ3n) is 2.42. The molecule has 0 spiro atoms. The summed E-state index contributed by atoms with van der Waals surface area (Å²) in [5.74, 6) is -0.303. The minimum absolute atomic E-state index is 0.0260. The summed E-state index contributed by atoms with van der Waals surface area (Å²) in [6, 6.07) is 4.14. The Balaban J connectivity index is 3.09. The first kappa shape index (κ1) is 13.1. The topological polar surface area (TPSA) is 20.3 Å². The Hall–Kier alpha value is -0.930. The second-order valence-corrected chi connectivity index (χ2v) is 4.49. The van der Waals surface area contributed by atoms with E-state index in [0.717, 1.165) is 0 Å². The minimum atomic E-state index is -0.329. The highest BCUT2D eigenvalue weighted by molar-refractivity contribution is 6.30. The van der Waals surface area contributed by atoms with Gasteiger partial charge in [0.1, 0.15) is 11.6 Å². The highest BCUT2D eigenvalue weighted by atomic mass is 35.5. The summed E-state index contributed by atoms with van der Waals surface area (Å²) in [5.41, 5.74) is 0.465. The van der Waals surface area contributed by atoms with Gasteiger partial charge >= 0.3 is 0 Å². The molecule has 88 valence electrons. The number of carbonyl (C=O) groups excluding carboxylic acids is 1. The molecule has 1 aromatic rings. The normalized spacial score (nSPS) is 12.9. The Labute approximate surface area is 100 Å². The molecule has 2 nitrogen and oxygen atoms in total. The van der Waals surface area contributed by atoms with E-state index < -0.39 is 0 Å². The van der Waals surface area contributed by atoms with Crippen LogP contribution in [0.15, 0.2) is 18.2 Å². The van der Waals surface area contributed by atoms with Crippen LogP contribution in [0.2, 0.25) is 5.02 Å². The first-order valence-electron chi connectivity index (χ1n) is 5.02. The number of halogens is 2. The van der Waals surface area contributed by atoms with Crippen molar-refractivity contribution in [2.24, 2.45) is 0 Å². The summed E-state index contributed by atoms with van der Waals surface area (Å²) in [6.07, 6.45) is 0.282. The SMILES string of the molecule is CC(=O)CC(c1cc(Cl)ccc1F)N(C)C. The van der Waals surface area contributed by atoms with Crippen LogP contribution in [-0.4, -0.2) is 24.8 Å². The molecule has 0 bridgehead atoms. The number of rotatable bonds is 4. The van der Waals surface area contributed by atoms with Crippen LogP contribution >= 0.6 is 11.6 Å². The van der Waals surface area contributed by atoms with E-state index in [0.29, 0.717) is 10.6 Å². The zero-order valence-corrected chi connectivity index (χ0v) is 10.4. The fourth-order valence-corrected chi connectivity index (χ4v) is 1.79. The maximum absolute atomic E-state index is 13.6. The van der Waals surface area contributed by atoms with E-state index in [1.165, 1.54) is 19.1 Å². The van der Waals surface area contributed by atoms with Crippen LogP contribution in [0.1, 0.15) is 24.9 Å². The molecule has 1 rings (SSSR count). The molecule has 1 aromatic carbocycles. The highest BCUT2D eigenvalue weighted by Crippen LogP contribution is 2.27. The van der Waals surface area contributed by atoms with Crippen molar-refractivity contribution in [3.8, 4) is 0 Å². The summed E-state index contributed by atoms with van der Waals surface area (Å²) in [4.78, 5) is 13.0. The predicted molar refractivity (Wildman–Crippen MR) is 63.1 cm³/mol. The van der Waals surface area contributed by atoms with Crippen molar-refractivity contribution >= 4 is 17.4 Å². The smallest absolute Gasteiger partial charge is 0.131 e.